The molecule has 0 heterocycles. The summed E-state index contributed by atoms with van der Waals surface area (Å²) in [6, 6.07) is 3.20. The fourth-order valence-electron chi connectivity index (χ4n) is 0.914. The molecule has 0 bridgehead atoms. The molecule has 0 aromatic heterocycles. The average Bonchev–Trinajstić information content (AvgIpc) is 2.23. The van der Waals surface area contributed by atoms with E-state index in [1.807, 2.05) is 5.43 Å². The Labute approximate surface area is 90.0 Å². The highest BCUT2D eigenvalue weighted by Gasteiger charge is 2.05. The Kier molecular flexibility index (Phi) is 4.51. The molecule has 82 valence electrons. The van der Waals surface area contributed by atoms with E-state index in [9.17, 15) is 13.6 Å². The number of halogens is 2. The molecular formula is C9H10F2N2OS. The summed E-state index contributed by atoms with van der Waals surface area (Å²) in [4.78, 5) is 10.9. The molecule has 3 nitrogen and oxygen atoms in total. The number of amides is 1. The minimum Gasteiger partial charge on any atom is -0.294 e. The van der Waals surface area contributed by atoms with Crippen LogP contribution in [-0.4, -0.2) is 11.7 Å². The Bertz CT molecular complexity index is 360. The van der Waals surface area contributed by atoms with Crippen molar-refractivity contribution in [1.29, 1.82) is 0 Å². The van der Waals surface area contributed by atoms with E-state index < -0.39 is 11.6 Å². The molecule has 1 rings (SSSR count). The number of rotatable bonds is 4. The minimum absolute atomic E-state index is 0.164. The average molecular weight is 232 g/mol. The summed E-state index contributed by atoms with van der Waals surface area (Å²) in [5.74, 6) is 3.89. The summed E-state index contributed by atoms with van der Waals surface area (Å²) in [5, 5.41) is 0. The van der Waals surface area contributed by atoms with Crippen molar-refractivity contribution in [3.05, 3.63) is 29.8 Å². The topological polar surface area (TPSA) is 55.1 Å². The SMILES string of the molecule is NNC(=O)CCSc1cc(F)ccc1F. The number of hydrazine groups is 1. The van der Waals surface area contributed by atoms with Gasteiger partial charge in [0, 0.05) is 17.1 Å². The molecule has 0 atom stereocenters. The van der Waals surface area contributed by atoms with Gasteiger partial charge in [0.15, 0.2) is 0 Å². The predicted molar refractivity (Wildman–Crippen MR) is 54.0 cm³/mol. The zero-order valence-corrected chi connectivity index (χ0v) is 8.61. The lowest BCUT2D eigenvalue weighted by molar-refractivity contribution is -0.120. The van der Waals surface area contributed by atoms with E-state index >= 15 is 0 Å². The van der Waals surface area contributed by atoms with Crippen LogP contribution in [0.4, 0.5) is 8.78 Å². The maximum absolute atomic E-state index is 13.1. The Morgan fingerprint density at radius 3 is 2.87 bits per heavy atom. The van der Waals surface area contributed by atoms with Gasteiger partial charge in [0.05, 0.1) is 0 Å². The number of thioether (sulfide) groups is 1. The monoisotopic (exact) mass is 232 g/mol. The molecule has 0 fully saturated rings. The molecule has 1 aromatic rings. The van der Waals surface area contributed by atoms with Gasteiger partial charge >= 0.3 is 0 Å². The van der Waals surface area contributed by atoms with Crippen molar-refractivity contribution in [2.45, 2.75) is 11.3 Å². The van der Waals surface area contributed by atoms with Crippen molar-refractivity contribution in [3.8, 4) is 0 Å². The number of nitrogens with two attached hydrogens (primary N) is 1. The van der Waals surface area contributed by atoms with Crippen LogP contribution in [0.5, 0.6) is 0 Å². The third kappa shape index (κ3) is 3.85. The predicted octanol–water partition coefficient (Wildman–Crippen LogP) is 1.44. The Hall–Kier alpha value is -1.14. The van der Waals surface area contributed by atoms with Gasteiger partial charge < -0.3 is 0 Å². The molecule has 15 heavy (non-hydrogen) atoms. The summed E-state index contributed by atoms with van der Waals surface area (Å²) in [7, 11) is 0. The molecule has 0 aliphatic rings. The van der Waals surface area contributed by atoms with Gasteiger partial charge in [-0.3, -0.25) is 10.2 Å². The first-order valence-electron chi connectivity index (χ1n) is 4.21. The zero-order valence-electron chi connectivity index (χ0n) is 7.80. The van der Waals surface area contributed by atoms with Crippen LogP contribution in [0, 0.1) is 11.6 Å². The summed E-state index contributed by atoms with van der Waals surface area (Å²) >= 11 is 1.07. The molecule has 0 saturated carbocycles. The smallest absolute Gasteiger partial charge is 0.234 e. The van der Waals surface area contributed by atoms with Crippen LogP contribution in [0.3, 0.4) is 0 Å². The van der Waals surface area contributed by atoms with Gasteiger partial charge in [-0.15, -0.1) is 11.8 Å². The van der Waals surface area contributed by atoms with Gasteiger partial charge in [-0.05, 0) is 18.2 Å². The van der Waals surface area contributed by atoms with E-state index in [2.05, 4.69) is 0 Å². The number of carbonyl (C=O) groups is 1. The van der Waals surface area contributed by atoms with E-state index in [1.165, 1.54) is 0 Å². The van der Waals surface area contributed by atoms with Crippen LogP contribution in [-0.2, 0) is 4.79 Å². The first kappa shape index (κ1) is 11.9. The largest absolute Gasteiger partial charge is 0.294 e. The van der Waals surface area contributed by atoms with Crippen molar-refractivity contribution in [3.63, 3.8) is 0 Å². The number of benzene rings is 1. The number of nitrogens with one attached hydrogen (secondary N) is 1. The highest BCUT2D eigenvalue weighted by Crippen LogP contribution is 2.22. The minimum atomic E-state index is -0.498. The van der Waals surface area contributed by atoms with Crippen LogP contribution in [0.2, 0.25) is 0 Å². The molecule has 0 spiro atoms. The lowest BCUT2D eigenvalue weighted by Gasteiger charge is -2.02. The van der Waals surface area contributed by atoms with Gasteiger partial charge in [0.25, 0.3) is 0 Å². The third-order valence-electron chi connectivity index (χ3n) is 1.64. The second-order valence-corrected chi connectivity index (χ2v) is 3.88. The number of hydrogen-bond donors (Lipinski definition) is 2. The van der Waals surface area contributed by atoms with Crippen molar-refractivity contribution >= 4 is 17.7 Å². The fraction of sp³-hybridized carbons (Fsp3) is 0.222. The van der Waals surface area contributed by atoms with Crippen LogP contribution in [0.1, 0.15) is 6.42 Å². The maximum atomic E-state index is 13.1. The van der Waals surface area contributed by atoms with Gasteiger partial charge in [-0.2, -0.15) is 0 Å². The molecule has 0 unspecified atom stereocenters. The summed E-state index contributed by atoms with van der Waals surface area (Å²) < 4.78 is 25.8. The van der Waals surface area contributed by atoms with Gasteiger partial charge in [0.2, 0.25) is 5.91 Å². The van der Waals surface area contributed by atoms with Crippen molar-refractivity contribution in [2.24, 2.45) is 5.84 Å². The lowest BCUT2D eigenvalue weighted by atomic mass is 10.3. The van der Waals surface area contributed by atoms with E-state index in [1.54, 1.807) is 0 Å². The molecule has 0 radical (unpaired) electrons. The van der Waals surface area contributed by atoms with Crippen molar-refractivity contribution < 1.29 is 13.6 Å². The van der Waals surface area contributed by atoms with Crippen LogP contribution in [0.25, 0.3) is 0 Å². The zero-order chi connectivity index (χ0) is 11.3. The van der Waals surface area contributed by atoms with Gasteiger partial charge in [-0.1, -0.05) is 0 Å². The first-order valence-corrected chi connectivity index (χ1v) is 5.19. The Balaban J connectivity index is 2.50. The van der Waals surface area contributed by atoms with Crippen molar-refractivity contribution in [1.82, 2.24) is 5.43 Å². The van der Waals surface area contributed by atoms with Crippen LogP contribution < -0.4 is 11.3 Å². The molecule has 0 aliphatic carbocycles. The number of carbonyl (C=O) groups excluding carboxylic acids is 1. The molecule has 3 N–H and O–H groups in total. The van der Waals surface area contributed by atoms with E-state index in [-0.39, 0.29) is 17.2 Å². The Morgan fingerprint density at radius 2 is 2.20 bits per heavy atom. The van der Waals surface area contributed by atoms with E-state index in [0.29, 0.717) is 5.75 Å². The summed E-state index contributed by atoms with van der Waals surface area (Å²) in [6.45, 7) is 0. The van der Waals surface area contributed by atoms with E-state index in [0.717, 1.165) is 30.0 Å². The fourth-order valence-corrected chi connectivity index (χ4v) is 1.82. The quantitative estimate of drug-likeness (QED) is 0.357. The third-order valence-corrected chi connectivity index (χ3v) is 2.67. The molecule has 0 aliphatic heterocycles. The highest BCUT2D eigenvalue weighted by molar-refractivity contribution is 7.99. The highest BCUT2D eigenvalue weighted by atomic mass is 32.2. The second-order valence-electron chi connectivity index (χ2n) is 2.74. The maximum Gasteiger partial charge on any atom is 0.234 e. The standard InChI is InChI=1S/C9H10F2N2OS/c10-6-1-2-7(11)8(5-6)15-4-3-9(14)13-12/h1-2,5H,3-4,12H2,(H,13,14). The lowest BCUT2D eigenvalue weighted by Crippen LogP contribution is -2.30. The second kappa shape index (κ2) is 5.67. The van der Waals surface area contributed by atoms with E-state index in [4.69, 9.17) is 5.84 Å². The Morgan fingerprint density at radius 1 is 1.47 bits per heavy atom. The normalized spacial score (nSPS) is 10.1. The molecule has 0 saturated heterocycles. The number of hydrogen-bond acceptors (Lipinski definition) is 3. The molecular weight excluding hydrogens is 222 g/mol. The molecule has 1 aromatic carbocycles. The van der Waals surface area contributed by atoms with Gasteiger partial charge in [-0.25, -0.2) is 14.6 Å². The van der Waals surface area contributed by atoms with Gasteiger partial charge in [0.1, 0.15) is 11.6 Å². The molecule has 1 amide bonds. The summed E-state index contributed by atoms with van der Waals surface area (Å²) in [6.07, 6.45) is 0.164. The molecule has 6 heteroatoms. The van der Waals surface area contributed by atoms with Crippen molar-refractivity contribution in [2.75, 3.05) is 5.75 Å². The first-order chi connectivity index (χ1) is 7.13. The summed E-state index contributed by atoms with van der Waals surface area (Å²) in [5.41, 5.74) is 1.96. The van der Waals surface area contributed by atoms with Crippen LogP contribution >= 0.6 is 11.8 Å². The van der Waals surface area contributed by atoms with Crippen LogP contribution in [0.15, 0.2) is 23.1 Å².